The number of nitrogens with zero attached hydrogens (tertiary/aromatic N) is 2. The highest BCUT2D eigenvalue weighted by Gasteiger charge is 2.26. The Labute approximate surface area is 250 Å². The zero-order valence-corrected chi connectivity index (χ0v) is 25.0. The summed E-state index contributed by atoms with van der Waals surface area (Å²) in [7, 11) is 6.77. The van der Waals surface area contributed by atoms with Crippen LogP contribution in [0.2, 0.25) is 0 Å². The van der Waals surface area contributed by atoms with Crippen molar-refractivity contribution in [2.45, 2.75) is 19.9 Å². The molecule has 1 amide bonds. The predicted molar refractivity (Wildman–Crippen MR) is 162 cm³/mol. The van der Waals surface area contributed by atoms with Crippen LogP contribution < -0.4 is 19.5 Å². The van der Waals surface area contributed by atoms with Crippen molar-refractivity contribution in [1.82, 2.24) is 15.2 Å². The van der Waals surface area contributed by atoms with E-state index in [1.807, 2.05) is 50.2 Å². The largest absolute Gasteiger partial charge is 0.493 e. The fourth-order valence-corrected chi connectivity index (χ4v) is 4.70. The Balaban J connectivity index is 1.59. The Morgan fingerprint density at radius 1 is 1.02 bits per heavy atom. The lowest BCUT2D eigenvalue weighted by Gasteiger charge is -2.16. The summed E-state index contributed by atoms with van der Waals surface area (Å²) in [4.78, 5) is 31.2. The molecule has 9 nitrogen and oxygen atoms in total. The molecule has 0 bridgehead atoms. The molecule has 226 valence electrons. The van der Waals surface area contributed by atoms with E-state index in [1.165, 1.54) is 26.4 Å². The third-order valence-corrected chi connectivity index (χ3v) is 6.91. The van der Waals surface area contributed by atoms with Crippen LogP contribution in [0.1, 0.15) is 35.7 Å². The molecule has 0 fully saturated rings. The highest BCUT2D eigenvalue weighted by Crippen LogP contribution is 2.45. The van der Waals surface area contributed by atoms with Crippen molar-refractivity contribution < 1.29 is 32.9 Å². The molecule has 0 atom stereocenters. The molecule has 1 heterocycles. The molecular weight excluding hydrogens is 553 g/mol. The second kappa shape index (κ2) is 14.5. The van der Waals surface area contributed by atoms with Gasteiger partial charge in [-0.1, -0.05) is 12.1 Å². The van der Waals surface area contributed by atoms with Crippen LogP contribution in [0.15, 0.2) is 60.3 Å². The Bertz CT molecular complexity index is 1510. The average molecular weight is 590 g/mol. The molecule has 0 saturated heterocycles. The van der Waals surface area contributed by atoms with Gasteiger partial charge in [-0.3, -0.25) is 9.78 Å². The van der Waals surface area contributed by atoms with Crippen molar-refractivity contribution in [2.75, 3.05) is 48.1 Å². The Morgan fingerprint density at radius 3 is 2.42 bits per heavy atom. The maximum absolute atomic E-state index is 14.4. The minimum atomic E-state index is -0.510. The summed E-state index contributed by atoms with van der Waals surface area (Å²) in [5, 5.41) is 2.90. The van der Waals surface area contributed by atoms with Crippen LogP contribution in [0.3, 0.4) is 0 Å². The molecule has 0 spiro atoms. The molecule has 1 aliphatic carbocycles. The standard InChI is InChI=1S/C33H36FN3O6/c1-21-26(14-22-15-29(40-4)33(30(16-22)41-5)43-20-32(39)42-13-12-37(2)3)25-10-9-23(34)17-28(25)27(21)18-31(38)36-19-24-8-6-7-11-35-24/h6-11,14-17H,12-13,18-20H2,1-5H3,(H,36,38). The number of allylic oxidation sites excluding steroid dienone is 2. The molecule has 0 unspecified atom stereocenters. The first-order valence-electron chi connectivity index (χ1n) is 13.8. The number of hydrogen-bond donors (Lipinski definition) is 1. The van der Waals surface area contributed by atoms with Crippen molar-refractivity contribution in [3.8, 4) is 17.2 Å². The number of fused-ring (bicyclic) bond motifs is 1. The summed E-state index contributed by atoms with van der Waals surface area (Å²) in [5.41, 5.74) is 5.38. The number of pyridine rings is 1. The number of amides is 1. The van der Waals surface area contributed by atoms with Gasteiger partial charge in [-0.15, -0.1) is 0 Å². The summed E-state index contributed by atoms with van der Waals surface area (Å²) in [5.74, 6) is -0.0981. The molecule has 1 aromatic heterocycles. The number of halogens is 1. The number of nitrogens with one attached hydrogen (secondary N) is 1. The molecule has 43 heavy (non-hydrogen) atoms. The first-order valence-corrected chi connectivity index (χ1v) is 13.8. The Kier molecular flexibility index (Phi) is 10.5. The van der Waals surface area contributed by atoms with E-state index in [4.69, 9.17) is 18.9 Å². The number of carbonyl (C=O) groups excluding carboxylic acids is 2. The van der Waals surface area contributed by atoms with Crippen LogP contribution in [0.4, 0.5) is 4.39 Å². The molecule has 0 saturated carbocycles. The van der Waals surface area contributed by atoms with Crippen molar-refractivity contribution in [1.29, 1.82) is 0 Å². The fraction of sp³-hybridized carbons (Fsp3) is 0.303. The van der Waals surface area contributed by atoms with Crippen LogP contribution in [-0.4, -0.2) is 69.8 Å². The molecule has 10 heteroatoms. The molecular formula is C33H36FN3O6. The van der Waals surface area contributed by atoms with E-state index in [1.54, 1.807) is 24.4 Å². The van der Waals surface area contributed by atoms with E-state index in [0.717, 1.165) is 33.5 Å². The van der Waals surface area contributed by atoms with E-state index >= 15 is 0 Å². The van der Waals surface area contributed by atoms with Crippen molar-refractivity contribution in [3.05, 3.63) is 88.5 Å². The molecule has 4 rings (SSSR count). The number of carbonyl (C=O) groups is 2. The van der Waals surface area contributed by atoms with Crippen LogP contribution in [0, 0.1) is 5.82 Å². The zero-order valence-electron chi connectivity index (χ0n) is 25.0. The minimum absolute atomic E-state index is 0.0799. The number of methoxy groups -OCH3 is 2. The normalized spacial score (nSPS) is 13.2. The van der Waals surface area contributed by atoms with Gasteiger partial charge in [0.2, 0.25) is 11.7 Å². The second-order valence-corrected chi connectivity index (χ2v) is 10.2. The van der Waals surface area contributed by atoms with E-state index < -0.39 is 5.97 Å². The van der Waals surface area contributed by atoms with Crippen LogP contribution >= 0.6 is 0 Å². The average Bonchev–Trinajstić information content (AvgIpc) is 3.24. The van der Waals surface area contributed by atoms with Gasteiger partial charge in [0.15, 0.2) is 18.1 Å². The topological polar surface area (TPSA) is 99.2 Å². The zero-order chi connectivity index (χ0) is 30.9. The summed E-state index contributed by atoms with van der Waals surface area (Å²) >= 11 is 0. The van der Waals surface area contributed by atoms with Crippen molar-refractivity contribution in [2.24, 2.45) is 0 Å². The number of esters is 1. The summed E-state index contributed by atoms with van der Waals surface area (Å²) in [6, 6.07) is 13.6. The number of ether oxygens (including phenoxy) is 4. The number of rotatable bonds is 13. The van der Waals surface area contributed by atoms with Gasteiger partial charge < -0.3 is 29.2 Å². The SMILES string of the molecule is COc1cc(C=C2C(C)=C(CC(=O)NCc3ccccn3)c3cc(F)ccc32)cc(OC)c1OCC(=O)OCCN(C)C. The van der Waals surface area contributed by atoms with Crippen LogP contribution in [-0.2, 0) is 20.9 Å². The first kappa shape index (κ1) is 31.2. The van der Waals surface area contributed by atoms with Gasteiger partial charge in [-0.05, 0) is 96.9 Å². The fourth-order valence-electron chi connectivity index (χ4n) is 4.70. The molecule has 0 radical (unpaired) electrons. The molecule has 1 aliphatic rings. The maximum Gasteiger partial charge on any atom is 0.344 e. The smallest absolute Gasteiger partial charge is 0.344 e. The van der Waals surface area contributed by atoms with Gasteiger partial charge in [-0.25, -0.2) is 9.18 Å². The highest BCUT2D eigenvalue weighted by molar-refractivity contribution is 6.08. The second-order valence-electron chi connectivity index (χ2n) is 10.2. The van der Waals surface area contributed by atoms with Crippen molar-refractivity contribution in [3.63, 3.8) is 0 Å². The monoisotopic (exact) mass is 589 g/mol. The van der Waals surface area contributed by atoms with Crippen LogP contribution in [0.5, 0.6) is 17.2 Å². The minimum Gasteiger partial charge on any atom is -0.493 e. The van der Waals surface area contributed by atoms with Gasteiger partial charge >= 0.3 is 5.97 Å². The van der Waals surface area contributed by atoms with E-state index in [9.17, 15) is 14.0 Å². The maximum atomic E-state index is 14.4. The summed E-state index contributed by atoms with van der Waals surface area (Å²) in [6.07, 6.45) is 3.68. The number of hydrogen-bond acceptors (Lipinski definition) is 8. The lowest BCUT2D eigenvalue weighted by molar-refractivity contribution is -0.146. The van der Waals surface area contributed by atoms with E-state index in [-0.39, 0.29) is 37.1 Å². The lowest BCUT2D eigenvalue weighted by atomic mass is 10.00. The Hall–Kier alpha value is -4.70. The number of benzene rings is 2. The molecule has 1 N–H and O–H groups in total. The molecule has 0 aliphatic heterocycles. The molecule has 3 aromatic rings. The first-order chi connectivity index (χ1) is 20.7. The van der Waals surface area contributed by atoms with Gasteiger partial charge in [-0.2, -0.15) is 0 Å². The summed E-state index contributed by atoms with van der Waals surface area (Å²) in [6.45, 7) is 2.75. The number of likely N-dealkylation sites (N-methyl/N-ethyl adjacent to an activating group) is 1. The third kappa shape index (κ3) is 7.98. The highest BCUT2D eigenvalue weighted by atomic mass is 19.1. The Morgan fingerprint density at radius 2 is 1.77 bits per heavy atom. The van der Waals surface area contributed by atoms with Gasteiger partial charge in [0.25, 0.3) is 0 Å². The van der Waals surface area contributed by atoms with Crippen LogP contribution in [0.25, 0.3) is 17.2 Å². The summed E-state index contributed by atoms with van der Waals surface area (Å²) < 4.78 is 36.5. The van der Waals surface area contributed by atoms with Crippen molar-refractivity contribution >= 4 is 29.1 Å². The van der Waals surface area contributed by atoms with Gasteiger partial charge in [0, 0.05) is 12.7 Å². The van der Waals surface area contributed by atoms with Gasteiger partial charge in [0.05, 0.1) is 32.9 Å². The predicted octanol–water partition coefficient (Wildman–Crippen LogP) is 4.76. The van der Waals surface area contributed by atoms with E-state index in [2.05, 4.69) is 10.3 Å². The molecule has 2 aromatic carbocycles. The number of aromatic nitrogens is 1. The van der Waals surface area contributed by atoms with E-state index in [0.29, 0.717) is 30.2 Å². The third-order valence-electron chi connectivity index (χ3n) is 6.91. The lowest BCUT2D eigenvalue weighted by Crippen LogP contribution is -2.23. The quantitative estimate of drug-likeness (QED) is 0.285. The van der Waals surface area contributed by atoms with Gasteiger partial charge in [0.1, 0.15) is 12.4 Å².